The molecular formula is C13H17NO4. The van der Waals surface area contributed by atoms with Crippen molar-refractivity contribution in [1.29, 1.82) is 0 Å². The predicted octanol–water partition coefficient (Wildman–Crippen LogP) is 1.77. The molecule has 0 aliphatic carbocycles. The van der Waals surface area contributed by atoms with E-state index in [1.165, 1.54) is 6.26 Å². The van der Waals surface area contributed by atoms with Gasteiger partial charge in [0.15, 0.2) is 0 Å². The molecule has 0 saturated carbocycles. The lowest BCUT2D eigenvalue weighted by Gasteiger charge is -2.22. The van der Waals surface area contributed by atoms with Crippen LogP contribution in [-0.4, -0.2) is 35.0 Å². The Morgan fingerprint density at radius 2 is 2.22 bits per heavy atom. The summed E-state index contributed by atoms with van der Waals surface area (Å²) in [5.41, 5.74) is -0.386. The SMILES string of the molecule is Cc1cc(C(=O)N2C[C@@H](C)[C@](C)(C(=O)O)C2)co1. The first-order valence-corrected chi connectivity index (χ1v) is 5.92. The number of hydrogen-bond acceptors (Lipinski definition) is 3. The van der Waals surface area contributed by atoms with Crippen molar-refractivity contribution in [2.24, 2.45) is 11.3 Å². The molecule has 1 aliphatic heterocycles. The molecule has 2 heterocycles. The van der Waals surface area contributed by atoms with Crippen molar-refractivity contribution >= 4 is 11.9 Å². The quantitative estimate of drug-likeness (QED) is 0.869. The van der Waals surface area contributed by atoms with Crippen LogP contribution in [0.5, 0.6) is 0 Å². The highest BCUT2D eigenvalue weighted by Gasteiger charge is 2.48. The summed E-state index contributed by atoms with van der Waals surface area (Å²) in [5, 5.41) is 9.26. The molecule has 1 aliphatic rings. The molecule has 2 atom stereocenters. The summed E-state index contributed by atoms with van der Waals surface area (Å²) in [5.74, 6) is -0.407. The minimum atomic E-state index is -0.867. The summed E-state index contributed by atoms with van der Waals surface area (Å²) in [6.45, 7) is 6.03. The molecule has 0 unspecified atom stereocenters. The highest BCUT2D eigenvalue weighted by Crippen LogP contribution is 2.36. The Bertz CT molecular complexity index is 493. The van der Waals surface area contributed by atoms with Gasteiger partial charge in [-0.2, -0.15) is 0 Å². The van der Waals surface area contributed by atoms with E-state index in [0.717, 1.165) is 0 Å². The minimum Gasteiger partial charge on any atom is -0.481 e. The van der Waals surface area contributed by atoms with E-state index in [0.29, 0.717) is 17.9 Å². The van der Waals surface area contributed by atoms with Crippen molar-refractivity contribution in [3.63, 3.8) is 0 Å². The Morgan fingerprint density at radius 3 is 2.67 bits per heavy atom. The van der Waals surface area contributed by atoms with Gasteiger partial charge in [-0.25, -0.2) is 0 Å². The Morgan fingerprint density at radius 1 is 1.56 bits per heavy atom. The third-order valence-corrected chi connectivity index (χ3v) is 3.85. The number of aryl methyl sites for hydroxylation is 1. The van der Waals surface area contributed by atoms with Crippen LogP contribution in [-0.2, 0) is 4.79 Å². The number of amides is 1. The minimum absolute atomic E-state index is 0.0630. The number of aliphatic carboxylic acids is 1. The first-order valence-electron chi connectivity index (χ1n) is 5.92. The van der Waals surface area contributed by atoms with Crippen molar-refractivity contribution in [1.82, 2.24) is 4.90 Å². The number of rotatable bonds is 2. The average Bonchev–Trinajstić information content (AvgIpc) is 2.84. The van der Waals surface area contributed by atoms with Crippen LogP contribution in [0.3, 0.4) is 0 Å². The smallest absolute Gasteiger partial charge is 0.311 e. The number of nitrogens with zero attached hydrogens (tertiary/aromatic N) is 1. The number of carboxylic acids is 1. The normalized spacial score (nSPS) is 27.5. The zero-order valence-corrected chi connectivity index (χ0v) is 10.8. The second kappa shape index (κ2) is 4.15. The summed E-state index contributed by atoms with van der Waals surface area (Å²) in [6.07, 6.45) is 1.42. The summed E-state index contributed by atoms with van der Waals surface area (Å²) in [6, 6.07) is 1.67. The molecule has 0 radical (unpaired) electrons. The number of furan rings is 1. The van der Waals surface area contributed by atoms with Gasteiger partial charge in [-0.15, -0.1) is 0 Å². The maximum atomic E-state index is 12.2. The van der Waals surface area contributed by atoms with Crippen LogP contribution in [0.4, 0.5) is 0 Å². The average molecular weight is 251 g/mol. The molecule has 18 heavy (non-hydrogen) atoms. The van der Waals surface area contributed by atoms with E-state index in [4.69, 9.17) is 4.42 Å². The summed E-state index contributed by atoms with van der Waals surface area (Å²) >= 11 is 0. The van der Waals surface area contributed by atoms with Gasteiger partial charge in [0.2, 0.25) is 0 Å². The molecule has 5 nitrogen and oxygen atoms in total. The van der Waals surface area contributed by atoms with Gasteiger partial charge in [0.05, 0.1) is 11.0 Å². The van der Waals surface area contributed by atoms with Gasteiger partial charge < -0.3 is 14.4 Å². The lowest BCUT2D eigenvalue weighted by Crippen LogP contribution is -2.36. The zero-order chi connectivity index (χ0) is 13.5. The highest BCUT2D eigenvalue weighted by atomic mass is 16.4. The molecule has 1 amide bonds. The molecule has 5 heteroatoms. The van der Waals surface area contributed by atoms with Crippen molar-refractivity contribution in [3.05, 3.63) is 23.7 Å². The Balaban J connectivity index is 2.18. The summed E-state index contributed by atoms with van der Waals surface area (Å²) in [7, 11) is 0. The topological polar surface area (TPSA) is 70.8 Å². The molecule has 1 saturated heterocycles. The van der Waals surface area contributed by atoms with E-state index >= 15 is 0 Å². The van der Waals surface area contributed by atoms with Crippen LogP contribution >= 0.6 is 0 Å². The van der Waals surface area contributed by atoms with E-state index in [1.807, 2.05) is 6.92 Å². The molecule has 1 aromatic heterocycles. The Hall–Kier alpha value is -1.78. The fraction of sp³-hybridized carbons (Fsp3) is 0.538. The third-order valence-electron chi connectivity index (χ3n) is 3.85. The largest absolute Gasteiger partial charge is 0.481 e. The van der Waals surface area contributed by atoms with E-state index in [-0.39, 0.29) is 18.4 Å². The molecule has 98 valence electrons. The van der Waals surface area contributed by atoms with Crippen molar-refractivity contribution in [2.45, 2.75) is 20.8 Å². The molecule has 0 spiro atoms. The maximum absolute atomic E-state index is 12.2. The van der Waals surface area contributed by atoms with Crippen molar-refractivity contribution in [2.75, 3.05) is 13.1 Å². The lowest BCUT2D eigenvalue weighted by atomic mass is 9.81. The second-order valence-electron chi connectivity index (χ2n) is 5.26. The number of likely N-dealkylation sites (tertiary alicyclic amines) is 1. The lowest BCUT2D eigenvalue weighted by molar-refractivity contribution is -0.148. The molecule has 1 N–H and O–H groups in total. The van der Waals surface area contributed by atoms with E-state index in [2.05, 4.69) is 0 Å². The van der Waals surface area contributed by atoms with Crippen LogP contribution in [0.25, 0.3) is 0 Å². The highest BCUT2D eigenvalue weighted by molar-refractivity contribution is 5.95. The van der Waals surface area contributed by atoms with Crippen LogP contribution in [0.2, 0.25) is 0 Å². The molecule has 2 rings (SSSR count). The van der Waals surface area contributed by atoms with Crippen LogP contribution < -0.4 is 0 Å². The fourth-order valence-electron chi connectivity index (χ4n) is 2.32. The van der Waals surface area contributed by atoms with Crippen LogP contribution in [0, 0.1) is 18.3 Å². The van der Waals surface area contributed by atoms with Gasteiger partial charge >= 0.3 is 5.97 Å². The first kappa shape index (κ1) is 12.7. The number of carbonyl (C=O) groups excluding carboxylic acids is 1. The maximum Gasteiger partial charge on any atom is 0.311 e. The molecular weight excluding hydrogens is 234 g/mol. The fourth-order valence-corrected chi connectivity index (χ4v) is 2.32. The summed E-state index contributed by atoms with van der Waals surface area (Å²) < 4.78 is 5.11. The molecule has 1 fully saturated rings. The second-order valence-corrected chi connectivity index (χ2v) is 5.26. The van der Waals surface area contributed by atoms with Crippen LogP contribution in [0.15, 0.2) is 16.7 Å². The number of hydrogen-bond donors (Lipinski definition) is 1. The zero-order valence-electron chi connectivity index (χ0n) is 10.8. The van der Waals surface area contributed by atoms with Gasteiger partial charge in [0.25, 0.3) is 5.91 Å². The van der Waals surface area contributed by atoms with Gasteiger partial charge in [0, 0.05) is 13.1 Å². The van der Waals surface area contributed by atoms with Gasteiger partial charge in [-0.3, -0.25) is 9.59 Å². The van der Waals surface area contributed by atoms with E-state index in [9.17, 15) is 14.7 Å². The van der Waals surface area contributed by atoms with Gasteiger partial charge in [0.1, 0.15) is 12.0 Å². The van der Waals surface area contributed by atoms with E-state index in [1.54, 1.807) is 24.8 Å². The Labute approximate surface area is 105 Å². The molecule has 1 aromatic rings. The number of carbonyl (C=O) groups is 2. The monoisotopic (exact) mass is 251 g/mol. The predicted molar refractivity (Wildman–Crippen MR) is 64.3 cm³/mol. The standard InChI is InChI=1S/C13H17NO4/c1-8-5-14(7-13(8,3)12(16)17)11(15)10-4-9(2)18-6-10/h4,6,8H,5,7H2,1-3H3,(H,16,17)/t8-,13-/m1/s1. The first-order chi connectivity index (χ1) is 8.34. The summed E-state index contributed by atoms with van der Waals surface area (Å²) in [4.78, 5) is 25.1. The Kier molecular flexibility index (Phi) is 2.92. The molecule has 0 aromatic carbocycles. The van der Waals surface area contributed by atoms with Crippen LogP contribution in [0.1, 0.15) is 30.0 Å². The van der Waals surface area contributed by atoms with E-state index < -0.39 is 11.4 Å². The van der Waals surface area contributed by atoms with Crippen molar-refractivity contribution < 1.29 is 19.1 Å². The third kappa shape index (κ3) is 1.89. The van der Waals surface area contributed by atoms with Gasteiger partial charge in [-0.05, 0) is 25.8 Å². The number of carboxylic acid groups (broad SMARTS) is 1. The molecule has 0 bridgehead atoms. The van der Waals surface area contributed by atoms with Crippen molar-refractivity contribution in [3.8, 4) is 0 Å². The van der Waals surface area contributed by atoms with Gasteiger partial charge in [-0.1, -0.05) is 6.92 Å².